The van der Waals surface area contributed by atoms with Gasteiger partial charge in [0.15, 0.2) is 23.3 Å². The van der Waals surface area contributed by atoms with Gasteiger partial charge in [0.05, 0.1) is 30.8 Å². The van der Waals surface area contributed by atoms with Gasteiger partial charge in [0.2, 0.25) is 0 Å². The Morgan fingerprint density at radius 2 is 1.61 bits per heavy atom. The van der Waals surface area contributed by atoms with Gasteiger partial charge in [0.25, 0.3) is 0 Å². The van der Waals surface area contributed by atoms with Crippen LogP contribution in [0.4, 0.5) is 17.6 Å². The third-order valence-electron chi connectivity index (χ3n) is 4.83. The summed E-state index contributed by atoms with van der Waals surface area (Å²) in [6.45, 7) is 1.07. The van der Waals surface area contributed by atoms with Crippen LogP contribution in [0.15, 0.2) is 11.1 Å². The van der Waals surface area contributed by atoms with E-state index in [0.29, 0.717) is 0 Å². The minimum atomic E-state index is -1.76. The number of halogens is 5. The Hall–Kier alpha value is -2.13. The number of aliphatic hydroxyl groups excluding tert-OH is 1. The maximum absolute atomic E-state index is 13.9. The molecule has 0 radical (unpaired) electrons. The van der Waals surface area contributed by atoms with Gasteiger partial charge in [-0.05, 0) is 11.3 Å². The van der Waals surface area contributed by atoms with Gasteiger partial charge >= 0.3 is 11.9 Å². The molecule has 5 nitrogen and oxygen atoms in total. The normalized spacial score (nSPS) is 20.7. The summed E-state index contributed by atoms with van der Waals surface area (Å²) in [6.07, 6.45) is 1.32. The average Bonchev–Trinajstić information content (AvgIpc) is 3.19. The fraction of sp³-hybridized carbons (Fsp3) is 0.444. The van der Waals surface area contributed by atoms with Gasteiger partial charge in [-0.25, -0.2) is 22.4 Å². The average molecular weight is 425 g/mol. The van der Waals surface area contributed by atoms with Crippen LogP contribution in [0.5, 0.6) is 0 Å². The molecule has 10 heteroatoms. The second-order valence-electron chi connectivity index (χ2n) is 6.81. The first-order valence-corrected chi connectivity index (χ1v) is 8.43. The highest BCUT2D eigenvalue weighted by Crippen LogP contribution is 2.60. The highest BCUT2D eigenvalue weighted by molar-refractivity contribution is 6.41. The van der Waals surface area contributed by atoms with Crippen molar-refractivity contribution in [2.45, 2.75) is 27.1 Å². The van der Waals surface area contributed by atoms with Gasteiger partial charge in [-0.2, -0.15) is 0 Å². The first-order valence-electron chi connectivity index (χ1n) is 8.05. The SMILES string of the molecule is COC(=O)/C(Cl)=C\[C@@H]1[C@H](C(=O)OCc2c(F)c(F)c(CO)c(F)c2F)C1(C)C. The molecule has 1 aliphatic carbocycles. The zero-order valence-electron chi connectivity index (χ0n) is 15.1. The van der Waals surface area contributed by atoms with E-state index >= 15 is 0 Å². The number of carbonyl (C=O) groups excluding carboxylic acids is 2. The Morgan fingerprint density at radius 1 is 1.11 bits per heavy atom. The van der Waals surface area contributed by atoms with Crippen molar-refractivity contribution in [3.05, 3.63) is 45.5 Å². The number of aliphatic hydroxyl groups is 1. The number of methoxy groups -OCH3 is 1. The number of rotatable bonds is 6. The van der Waals surface area contributed by atoms with Crippen molar-refractivity contribution in [2.24, 2.45) is 17.3 Å². The summed E-state index contributed by atoms with van der Waals surface area (Å²) in [5.41, 5.74) is -2.94. The van der Waals surface area contributed by atoms with E-state index < -0.39 is 76.8 Å². The van der Waals surface area contributed by atoms with Crippen molar-refractivity contribution in [1.29, 1.82) is 0 Å². The van der Waals surface area contributed by atoms with E-state index in [9.17, 15) is 27.2 Å². The van der Waals surface area contributed by atoms with Gasteiger partial charge in [0.1, 0.15) is 11.6 Å². The number of hydrogen-bond donors (Lipinski definition) is 1. The molecule has 1 N–H and O–H groups in total. The highest BCUT2D eigenvalue weighted by atomic mass is 35.5. The summed E-state index contributed by atoms with van der Waals surface area (Å²) in [6, 6.07) is 0. The molecule has 2 atom stereocenters. The van der Waals surface area contributed by atoms with E-state index in [1.807, 2.05) is 0 Å². The molecule has 0 amide bonds. The fourth-order valence-electron chi connectivity index (χ4n) is 2.98. The van der Waals surface area contributed by atoms with Crippen LogP contribution in [0, 0.1) is 40.5 Å². The van der Waals surface area contributed by atoms with Crippen molar-refractivity contribution in [3.63, 3.8) is 0 Å². The molecule has 0 aromatic heterocycles. The summed E-state index contributed by atoms with van der Waals surface area (Å²) in [5, 5.41) is 8.57. The van der Waals surface area contributed by atoms with Crippen LogP contribution >= 0.6 is 11.6 Å². The first kappa shape index (κ1) is 22.2. The van der Waals surface area contributed by atoms with E-state index in [2.05, 4.69) is 4.74 Å². The Kier molecular flexibility index (Phi) is 6.40. The van der Waals surface area contributed by atoms with Gasteiger partial charge in [-0.1, -0.05) is 31.5 Å². The van der Waals surface area contributed by atoms with Crippen LogP contribution in [0.1, 0.15) is 25.0 Å². The summed E-state index contributed by atoms with van der Waals surface area (Å²) in [4.78, 5) is 23.6. The minimum absolute atomic E-state index is 0.239. The number of carbonyl (C=O) groups is 2. The molecule has 28 heavy (non-hydrogen) atoms. The maximum atomic E-state index is 13.9. The first-order chi connectivity index (χ1) is 13.0. The summed E-state index contributed by atoms with van der Waals surface area (Å²) in [7, 11) is 1.13. The molecule has 0 bridgehead atoms. The Bertz CT molecular complexity index is 824. The highest BCUT2D eigenvalue weighted by Gasteiger charge is 2.61. The summed E-state index contributed by atoms with van der Waals surface area (Å²) >= 11 is 5.77. The second-order valence-corrected chi connectivity index (χ2v) is 7.22. The predicted molar refractivity (Wildman–Crippen MR) is 88.7 cm³/mol. The van der Waals surface area contributed by atoms with Gasteiger partial charge in [-0.15, -0.1) is 0 Å². The third kappa shape index (κ3) is 3.86. The lowest BCUT2D eigenvalue weighted by molar-refractivity contribution is -0.147. The van der Waals surface area contributed by atoms with E-state index in [0.717, 1.165) is 7.11 Å². The topological polar surface area (TPSA) is 72.8 Å². The zero-order valence-corrected chi connectivity index (χ0v) is 15.9. The van der Waals surface area contributed by atoms with Crippen LogP contribution < -0.4 is 0 Å². The Morgan fingerprint density at radius 3 is 2.07 bits per heavy atom. The molecule has 0 unspecified atom stereocenters. The standard InChI is InChI=1S/C18H17ClF4O5/c1-18(2)9(4-10(19)16(25)27-3)11(18)17(26)28-6-8-14(22)12(20)7(5-24)13(21)15(8)23/h4,9,11,24H,5-6H2,1-3H3/b10-4+/t9-,11-/m1/s1. The molecule has 0 spiro atoms. The third-order valence-corrected chi connectivity index (χ3v) is 5.11. The van der Waals surface area contributed by atoms with Gasteiger partial charge in [-0.3, -0.25) is 4.79 Å². The number of ether oxygens (including phenoxy) is 2. The fourth-order valence-corrected chi connectivity index (χ4v) is 3.20. The minimum Gasteiger partial charge on any atom is -0.465 e. The zero-order chi connectivity index (χ0) is 21.4. The molecule has 1 fully saturated rings. The molecular weight excluding hydrogens is 408 g/mol. The molecule has 2 rings (SSSR count). The molecule has 0 heterocycles. The van der Waals surface area contributed by atoms with Crippen LogP contribution in [0.2, 0.25) is 0 Å². The van der Waals surface area contributed by atoms with Gasteiger partial charge < -0.3 is 14.6 Å². The van der Waals surface area contributed by atoms with E-state index in [4.69, 9.17) is 21.4 Å². The van der Waals surface area contributed by atoms with E-state index in [1.165, 1.54) is 6.08 Å². The number of benzene rings is 1. The monoisotopic (exact) mass is 424 g/mol. The van der Waals surface area contributed by atoms with Crippen molar-refractivity contribution in [2.75, 3.05) is 7.11 Å². The molecule has 1 aromatic rings. The number of allylic oxidation sites excluding steroid dienone is 1. The lowest BCUT2D eigenvalue weighted by Crippen LogP contribution is -2.15. The molecule has 0 aliphatic heterocycles. The summed E-state index contributed by atoms with van der Waals surface area (Å²) < 4.78 is 64.5. The summed E-state index contributed by atoms with van der Waals surface area (Å²) in [5.74, 6) is -10.0. The maximum Gasteiger partial charge on any atom is 0.349 e. The molecule has 0 saturated heterocycles. The van der Waals surface area contributed by atoms with Crippen LogP contribution in [0.25, 0.3) is 0 Å². The van der Waals surface area contributed by atoms with Crippen LogP contribution in [-0.2, 0) is 32.3 Å². The lowest BCUT2D eigenvalue weighted by Gasteiger charge is -2.11. The van der Waals surface area contributed by atoms with Crippen molar-refractivity contribution >= 4 is 23.5 Å². The van der Waals surface area contributed by atoms with Crippen LogP contribution in [0.3, 0.4) is 0 Å². The lowest BCUT2D eigenvalue weighted by atomic mass is 10.1. The smallest absolute Gasteiger partial charge is 0.349 e. The predicted octanol–water partition coefficient (Wildman–Crippen LogP) is 3.35. The quantitative estimate of drug-likeness (QED) is 0.328. The molecule has 1 saturated carbocycles. The molecule has 154 valence electrons. The number of hydrogen-bond acceptors (Lipinski definition) is 5. The van der Waals surface area contributed by atoms with E-state index in [-0.39, 0.29) is 5.03 Å². The molecule has 1 aliphatic rings. The van der Waals surface area contributed by atoms with Gasteiger partial charge in [0, 0.05) is 0 Å². The van der Waals surface area contributed by atoms with Crippen LogP contribution in [-0.4, -0.2) is 24.2 Å². The Balaban J connectivity index is 2.17. The molecule has 1 aromatic carbocycles. The van der Waals surface area contributed by atoms with E-state index in [1.54, 1.807) is 13.8 Å². The van der Waals surface area contributed by atoms with Crippen molar-refractivity contribution < 1.29 is 41.7 Å². The number of esters is 2. The van der Waals surface area contributed by atoms with Crippen molar-refractivity contribution in [3.8, 4) is 0 Å². The largest absolute Gasteiger partial charge is 0.465 e. The second kappa shape index (κ2) is 8.08. The molecular formula is C18H17ClF4O5. The Labute approximate surface area is 162 Å². The van der Waals surface area contributed by atoms with Crippen molar-refractivity contribution in [1.82, 2.24) is 0 Å².